The second-order valence-corrected chi connectivity index (χ2v) is 5.36. The molecule has 0 amide bonds. The minimum atomic E-state index is -0.385. The Hall–Kier alpha value is -1.33. The fourth-order valence-electron chi connectivity index (χ4n) is 2.99. The average molecular weight is 268 g/mol. The maximum absolute atomic E-state index is 11.1. The molecular weight excluding hydrogens is 254 g/mol. The number of halogens is 1. The highest BCUT2D eigenvalue weighted by Gasteiger charge is 2.38. The van der Waals surface area contributed by atoms with Crippen molar-refractivity contribution < 1.29 is 4.92 Å². The van der Waals surface area contributed by atoms with Crippen LogP contribution in [0.3, 0.4) is 0 Å². The van der Waals surface area contributed by atoms with E-state index in [1.807, 2.05) is 0 Å². The first-order valence-electron chi connectivity index (χ1n) is 6.05. The standard InChI is InChI=1S/C12H14ClN3O2/c13-10-2-1-3-11(12(10)16(17)18)15-6-8-4-14-5-9(8)7-15/h1-3,8-9,14H,4-7H2/t8-,9+. The van der Waals surface area contributed by atoms with Gasteiger partial charge in [0.05, 0.1) is 4.92 Å². The molecule has 1 aromatic carbocycles. The molecule has 0 aliphatic carbocycles. The number of nitro groups is 1. The van der Waals surface area contributed by atoms with Gasteiger partial charge in [-0.2, -0.15) is 0 Å². The summed E-state index contributed by atoms with van der Waals surface area (Å²) >= 11 is 5.94. The molecule has 1 N–H and O–H groups in total. The molecule has 5 nitrogen and oxygen atoms in total. The van der Waals surface area contributed by atoms with E-state index < -0.39 is 0 Å². The highest BCUT2D eigenvalue weighted by Crippen LogP contribution is 2.39. The zero-order valence-electron chi connectivity index (χ0n) is 9.80. The summed E-state index contributed by atoms with van der Waals surface area (Å²) in [7, 11) is 0. The Balaban J connectivity index is 1.93. The van der Waals surface area contributed by atoms with Crippen LogP contribution in [-0.4, -0.2) is 31.1 Å². The topological polar surface area (TPSA) is 58.4 Å². The first-order chi connectivity index (χ1) is 8.66. The summed E-state index contributed by atoms with van der Waals surface area (Å²) in [6.07, 6.45) is 0. The molecule has 0 saturated carbocycles. The average Bonchev–Trinajstić information content (AvgIpc) is 2.87. The second kappa shape index (κ2) is 4.40. The number of rotatable bonds is 2. The number of benzene rings is 1. The van der Waals surface area contributed by atoms with Crippen molar-refractivity contribution in [2.45, 2.75) is 0 Å². The smallest absolute Gasteiger partial charge is 0.310 e. The Kier molecular flexibility index (Phi) is 2.87. The molecule has 0 radical (unpaired) electrons. The summed E-state index contributed by atoms with van der Waals surface area (Å²) in [6, 6.07) is 5.14. The number of hydrogen-bond acceptors (Lipinski definition) is 4. The number of hydrogen-bond donors (Lipinski definition) is 1. The molecular formula is C12H14ClN3O2. The van der Waals surface area contributed by atoms with Crippen molar-refractivity contribution in [1.82, 2.24) is 5.32 Å². The maximum atomic E-state index is 11.1. The van der Waals surface area contributed by atoms with Crippen LogP contribution in [0.1, 0.15) is 0 Å². The number of anilines is 1. The van der Waals surface area contributed by atoms with E-state index in [2.05, 4.69) is 10.2 Å². The van der Waals surface area contributed by atoms with Gasteiger partial charge in [0.1, 0.15) is 10.7 Å². The van der Waals surface area contributed by atoms with Gasteiger partial charge in [0.25, 0.3) is 0 Å². The Morgan fingerprint density at radius 2 is 2.00 bits per heavy atom. The van der Waals surface area contributed by atoms with Gasteiger partial charge in [-0.3, -0.25) is 10.1 Å². The SMILES string of the molecule is O=[N+]([O-])c1c(Cl)cccc1N1C[C@H]2CNC[C@H]2C1. The highest BCUT2D eigenvalue weighted by molar-refractivity contribution is 6.33. The van der Waals surface area contributed by atoms with Crippen LogP contribution in [0.4, 0.5) is 11.4 Å². The van der Waals surface area contributed by atoms with Crippen LogP contribution in [0.15, 0.2) is 18.2 Å². The number of nitro benzene ring substituents is 1. The first-order valence-corrected chi connectivity index (χ1v) is 6.43. The van der Waals surface area contributed by atoms with Crippen LogP contribution in [0.2, 0.25) is 5.02 Å². The molecule has 18 heavy (non-hydrogen) atoms. The molecule has 2 aliphatic rings. The van der Waals surface area contributed by atoms with Crippen LogP contribution < -0.4 is 10.2 Å². The van der Waals surface area contributed by atoms with E-state index in [1.165, 1.54) is 0 Å². The molecule has 0 aromatic heterocycles. The van der Waals surface area contributed by atoms with Gasteiger partial charge in [0.15, 0.2) is 0 Å². The van der Waals surface area contributed by atoms with E-state index in [9.17, 15) is 10.1 Å². The lowest BCUT2D eigenvalue weighted by atomic mass is 10.0. The normalized spacial score (nSPS) is 26.4. The Labute approximate surface area is 110 Å². The van der Waals surface area contributed by atoms with E-state index in [0.717, 1.165) is 26.2 Å². The quantitative estimate of drug-likeness (QED) is 0.657. The molecule has 6 heteroatoms. The summed E-state index contributed by atoms with van der Waals surface area (Å²) in [5.41, 5.74) is 0.689. The summed E-state index contributed by atoms with van der Waals surface area (Å²) < 4.78 is 0. The number of fused-ring (bicyclic) bond motifs is 1. The maximum Gasteiger partial charge on any atom is 0.310 e. The Bertz CT molecular complexity index is 482. The number of nitrogens with zero attached hydrogens (tertiary/aromatic N) is 2. The molecule has 2 fully saturated rings. The zero-order valence-corrected chi connectivity index (χ0v) is 10.6. The lowest BCUT2D eigenvalue weighted by molar-refractivity contribution is -0.384. The minimum absolute atomic E-state index is 0.0344. The Morgan fingerprint density at radius 1 is 1.33 bits per heavy atom. The highest BCUT2D eigenvalue weighted by atomic mass is 35.5. The van der Waals surface area contributed by atoms with Crippen molar-refractivity contribution in [3.8, 4) is 0 Å². The number of para-hydroxylation sites is 1. The van der Waals surface area contributed by atoms with Gasteiger partial charge in [0, 0.05) is 26.2 Å². The minimum Gasteiger partial charge on any atom is -0.365 e. The van der Waals surface area contributed by atoms with Crippen LogP contribution in [0.25, 0.3) is 0 Å². The first kappa shape index (κ1) is 11.7. The monoisotopic (exact) mass is 267 g/mol. The summed E-state index contributed by atoms with van der Waals surface area (Å²) in [6.45, 7) is 3.77. The van der Waals surface area contributed by atoms with E-state index in [0.29, 0.717) is 17.5 Å². The number of nitrogens with one attached hydrogen (secondary N) is 1. The molecule has 3 rings (SSSR count). The molecule has 2 saturated heterocycles. The van der Waals surface area contributed by atoms with Crippen LogP contribution in [-0.2, 0) is 0 Å². The summed E-state index contributed by atoms with van der Waals surface area (Å²) in [5, 5.41) is 14.7. The second-order valence-electron chi connectivity index (χ2n) is 4.95. The largest absolute Gasteiger partial charge is 0.365 e. The molecule has 2 aliphatic heterocycles. The van der Waals surface area contributed by atoms with Crippen molar-refractivity contribution in [3.05, 3.63) is 33.3 Å². The summed E-state index contributed by atoms with van der Waals surface area (Å²) in [4.78, 5) is 12.8. The fourth-order valence-corrected chi connectivity index (χ4v) is 3.23. The van der Waals surface area contributed by atoms with Gasteiger partial charge < -0.3 is 10.2 Å². The molecule has 0 bridgehead atoms. The molecule has 0 spiro atoms. The third kappa shape index (κ3) is 1.83. The third-order valence-electron chi connectivity index (χ3n) is 3.88. The van der Waals surface area contributed by atoms with Gasteiger partial charge in [-0.05, 0) is 24.0 Å². The predicted molar refractivity (Wildman–Crippen MR) is 70.2 cm³/mol. The van der Waals surface area contributed by atoms with Crippen LogP contribution in [0.5, 0.6) is 0 Å². The Morgan fingerprint density at radius 3 is 2.61 bits per heavy atom. The van der Waals surface area contributed by atoms with Gasteiger partial charge in [-0.1, -0.05) is 17.7 Å². The van der Waals surface area contributed by atoms with Gasteiger partial charge in [-0.15, -0.1) is 0 Å². The molecule has 2 atom stereocenters. The van der Waals surface area contributed by atoms with Gasteiger partial charge in [-0.25, -0.2) is 0 Å². The van der Waals surface area contributed by atoms with E-state index in [-0.39, 0.29) is 15.6 Å². The fraction of sp³-hybridized carbons (Fsp3) is 0.500. The van der Waals surface area contributed by atoms with E-state index in [4.69, 9.17) is 11.6 Å². The van der Waals surface area contributed by atoms with Crippen molar-refractivity contribution in [1.29, 1.82) is 0 Å². The summed E-state index contributed by atoms with van der Waals surface area (Å²) in [5.74, 6) is 1.20. The lowest BCUT2D eigenvalue weighted by Gasteiger charge is -2.19. The van der Waals surface area contributed by atoms with Crippen molar-refractivity contribution in [3.63, 3.8) is 0 Å². The van der Waals surface area contributed by atoms with E-state index in [1.54, 1.807) is 18.2 Å². The van der Waals surface area contributed by atoms with Crippen molar-refractivity contribution >= 4 is 23.0 Å². The van der Waals surface area contributed by atoms with Crippen LogP contribution in [0, 0.1) is 22.0 Å². The van der Waals surface area contributed by atoms with Gasteiger partial charge >= 0.3 is 5.69 Å². The van der Waals surface area contributed by atoms with Crippen molar-refractivity contribution in [2.75, 3.05) is 31.1 Å². The molecule has 2 heterocycles. The van der Waals surface area contributed by atoms with Crippen LogP contribution >= 0.6 is 11.6 Å². The zero-order chi connectivity index (χ0) is 12.7. The van der Waals surface area contributed by atoms with Gasteiger partial charge in [0.2, 0.25) is 0 Å². The predicted octanol–water partition coefficient (Wildman–Crippen LogP) is 1.90. The van der Waals surface area contributed by atoms with Crippen molar-refractivity contribution in [2.24, 2.45) is 11.8 Å². The third-order valence-corrected chi connectivity index (χ3v) is 4.18. The molecule has 96 valence electrons. The lowest BCUT2D eigenvalue weighted by Crippen LogP contribution is -2.26. The van der Waals surface area contributed by atoms with E-state index >= 15 is 0 Å². The molecule has 0 unspecified atom stereocenters. The molecule has 1 aromatic rings.